The molecule has 0 saturated carbocycles. The first-order chi connectivity index (χ1) is 6.93. The minimum absolute atomic E-state index is 0.144. The van der Waals surface area contributed by atoms with Crippen LogP contribution in [0.3, 0.4) is 0 Å². The van der Waals surface area contributed by atoms with Crippen LogP contribution in [0.25, 0.3) is 0 Å². The summed E-state index contributed by atoms with van der Waals surface area (Å²) in [5, 5.41) is 0. The fourth-order valence-corrected chi connectivity index (χ4v) is 2.93. The van der Waals surface area contributed by atoms with E-state index in [9.17, 15) is 0 Å². The summed E-state index contributed by atoms with van der Waals surface area (Å²) in [4.78, 5) is 2.49. The normalized spacial score (nSPS) is 22.0. The van der Waals surface area contributed by atoms with Crippen molar-refractivity contribution < 1.29 is 14.2 Å². The van der Waals surface area contributed by atoms with Gasteiger partial charge in [-0.15, -0.1) is 11.3 Å². The van der Waals surface area contributed by atoms with E-state index >= 15 is 0 Å². The van der Waals surface area contributed by atoms with Crippen molar-refractivity contribution in [2.24, 2.45) is 0 Å². The van der Waals surface area contributed by atoms with Crippen LogP contribution < -0.4 is 4.74 Å². The van der Waals surface area contributed by atoms with Gasteiger partial charge in [0, 0.05) is 4.88 Å². The Kier molecular flexibility index (Phi) is 2.20. The van der Waals surface area contributed by atoms with Crippen molar-refractivity contribution in [3.05, 3.63) is 15.8 Å². The molecule has 0 atom stereocenters. The van der Waals surface area contributed by atoms with E-state index < -0.39 is 0 Å². The van der Waals surface area contributed by atoms with Crippen molar-refractivity contribution in [2.45, 2.75) is 19.1 Å². The highest BCUT2D eigenvalue weighted by Crippen LogP contribution is 2.38. The Morgan fingerprint density at radius 3 is 2.86 bits per heavy atom. The molecule has 0 bridgehead atoms. The molecule has 1 aromatic heterocycles. The third-order valence-electron chi connectivity index (χ3n) is 2.45. The van der Waals surface area contributed by atoms with Crippen LogP contribution in [0.4, 0.5) is 0 Å². The monoisotopic (exact) mass is 212 g/mol. The van der Waals surface area contributed by atoms with E-state index in [0.717, 1.165) is 30.1 Å². The van der Waals surface area contributed by atoms with E-state index in [4.69, 9.17) is 14.2 Å². The van der Waals surface area contributed by atoms with Crippen molar-refractivity contribution in [3.63, 3.8) is 0 Å². The third kappa shape index (κ3) is 1.43. The van der Waals surface area contributed by atoms with Gasteiger partial charge in [-0.2, -0.15) is 0 Å². The van der Waals surface area contributed by atoms with Crippen LogP contribution in [0, 0.1) is 0 Å². The van der Waals surface area contributed by atoms with Gasteiger partial charge in [0.2, 0.25) is 0 Å². The molecule has 0 amide bonds. The van der Waals surface area contributed by atoms with Crippen LogP contribution in [-0.2, 0) is 15.9 Å². The molecule has 1 fully saturated rings. The number of aryl methyl sites for hydroxylation is 1. The minimum Gasteiger partial charge on any atom is -0.492 e. The number of thiophene rings is 1. The van der Waals surface area contributed by atoms with Crippen molar-refractivity contribution in [1.29, 1.82) is 0 Å². The van der Waals surface area contributed by atoms with Crippen molar-refractivity contribution >= 4 is 11.3 Å². The average molecular weight is 212 g/mol. The maximum Gasteiger partial charge on any atom is 0.193 e. The lowest BCUT2D eigenvalue weighted by Gasteiger charge is -2.11. The summed E-state index contributed by atoms with van der Waals surface area (Å²) < 4.78 is 16.5. The van der Waals surface area contributed by atoms with Gasteiger partial charge in [0.05, 0.1) is 24.7 Å². The number of rotatable bonds is 1. The Morgan fingerprint density at radius 2 is 2.07 bits per heavy atom. The van der Waals surface area contributed by atoms with E-state index in [1.807, 2.05) is 0 Å². The Bertz CT molecular complexity index is 305. The van der Waals surface area contributed by atoms with E-state index in [-0.39, 0.29) is 6.29 Å². The standard InChI is InChI=1S/C10H12O3S/c1-2-8-7(11-3-1)6-9(14-8)10-12-4-5-13-10/h6,10H,1-5H2. The van der Waals surface area contributed by atoms with Crippen LogP contribution in [0.15, 0.2) is 6.07 Å². The van der Waals surface area contributed by atoms with Crippen molar-refractivity contribution in [1.82, 2.24) is 0 Å². The summed E-state index contributed by atoms with van der Waals surface area (Å²) in [6.07, 6.45) is 2.11. The predicted octanol–water partition coefficient (Wildman–Crippen LogP) is 2.12. The summed E-state index contributed by atoms with van der Waals surface area (Å²) in [6, 6.07) is 2.06. The second-order valence-electron chi connectivity index (χ2n) is 3.46. The molecular weight excluding hydrogens is 200 g/mol. The van der Waals surface area contributed by atoms with E-state index in [1.54, 1.807) is 11.3 Å². The molecule has 14 heavy (non-hydrogen) atoms. The zero-order valence-corrected chi connectivity index (χ0v) is 8.64. The van der Waals surface area contributed by atoms with Crippen LogP contribution in [0.5, 0.6) is 5.75 Å². The minimum atomic E-state index is -0.144. The van der Waals surface area contributed by atoms with Gasteiger partial charge in [-0.25, -0.2) is 0 Å². The molecule has 2 aliphatic rings. The van der Waals surface area contributed by atoms with E-state index in [0.29, 0.717) is 13.2 Å². The smallest absolute Gasteiger partial charge is 0.193 e. The van der Waals surface area contributed by atoms with Crippen LogP contribution in [0.1, 0.15) is 22.5 Å². The van der Waals surface area contributed by atoms with Gasteiger partial charge in [0.15, 0.2) is 6.29 Å². The third-order valence-corrected chi connectivity index (χ3v) is 3.65. The number of hydrogen-bond donors (Lipinski definition) is 0. The van der Waals surface area contributed by atoms with Gasteiger partial charge < -0.3 is 14.2 Å². The SMILES string of the molecule is c1c(C2OCCO2)sc2c1OCCC2. The molecule has 2 aliphatic heterocycles. The van der Waals surface area contributed by atoms with Crippen molar-refractivity contribution in [2.75, 3.05) is 19.8 Å². The molecule has 0 radical (unpaired) electrons. The van der Waals surface area contributed by atoms with Gasteiger partial charge in [-0.1, -0.05) is 0 Å². The summed E-state index contributed by atoms with van der Waals surface area (Å²) in [7, 11) is 0. The quantitative estimate of drug-likeness (QED) is 0.713. The summed E-state index contributed by atoms with van der Waals surface area (Å²) in [6.45, 7) is 2.25. The zero-order chi connectivity index (χ0) is 9.38. The molecule has 3 nitrogen and oxygen atoms in total. The van der Waals surface area contributed by atoms with Gasteiger partial charge in [-0.3, -0.25) is 0 Å². The van der Waals surface area contributed by atoms with E-state index in [1.165, 1.54) is 4.88 Å². The highest BCUT2D eigenvalue weighted by Gasteiger charge is 2.24. The maximum atomic E-state index is 5.56. The van der Waals surface area contributed by atoms with Crippen molar-refractivity contribution in [3.8, 4) is 5.75 Å². The topological polar surface area (TPSA) is 27.7 Å². The Balaban J connectivity index is 1.87. The molecule has 4 heteroatoms. The lowest BCUT2D eigenvalue weighted by Crippen LogP contribution is -2.04. The first kappa shape index (κ1) is 8.71. The van der Waals surface area contributed by atoms with Gasteiger partial charge in [0.1, 0.15) is 5.75 Å². The van der Waals surface area contributed by atoms with Crippen LogP contribution in [0.2, 0.25) is 0 Å². The maximum absolute atomic E-state index is 5.56. The van der Waals surface area contributed by atoms with Crippen LogP contribution >= 0.6 is 11.3 Å². The summed E-state index contributed by atoms with van der Waals surface area (Å²) >= 11 is 1.76. The molecule has 76 valence electrons. The highest BCUT2D eigenvalue weighted by molar-refractivity contribution is 7.12. The lowest BCUT2D eigenvalue weighted by molar-refractivity contribution is -0.0414. The highest BCUT2D eigenvalue weighted by atomic mass is 32.1. The summed E-state index contributed by atoms with van der Waals surface area (Å²) in [5.41, 5.74) is 0. The largest absolute Gasteiger partial charge is 0.492 e. The molecule has 0 N–H and O–H groups in total. The van der Waals surface area contributed by atoms with Gasteiger partial charge in [-0.05, 0) is 18.9 Å². The second-order valence-corrected chi connectivity index (χ2v) is 4.63. The first-order valence-electron chi connectivity index (χ1n) is 4.92. The van der Waals surface area contributed by atoms with E-state index in [2.05, 4.69) is 6.07 Å². The Hall–Kier alpha value is -0.580. The molecule has 1 saturated heterocycles. The second kappa shape index (κ2) is 3.53. The average Bonchev–Trinajstić information content (AvgIpc) is 2.86. The number of hydrogen-bond acceptors (Lipinski definition) is 4. The Labute approximate surface area is 86.6 Å². The molecule has 1 aromatic rings. The molecular formula is C10H12O3S. The first-order valence-corrected chi connectivity index (χ1v) is 5.74. The fraction of sp³-hybridized carbons (Fsp3) is 0.600. The van der Waals surface area contributed by atoms with Gasteiger partial charge in [0.25, 0.3) is 0 Å². The Morgan fingerprint density at radius 1 is 1.21 bits per heavy atom. The molecule has 3 heterocycles. The molecule has 0 aliphatic carbocycles. The number of fused-ring (bicyclic) bond motifs is 1. The number of ether oxygens (including phenoxy) is 3. The fourth-order valence-electron chi connectivity index (χ4n) is 1.78. The zero-order valence-electron chi connectivity index (χ0n) is 7.82. The molecule has 0 unspecified atom stereocenters. The molecule has 0 spiro atoms. The summed E-state index contributed by atoms with van der Waals surface area (Å²) in [5.74, 6) is 1.04. The van der Waals surface area contributed by atoms with Crippen LogP contribution in [-0.4, -0.2) is 19.8 Å². The van der Waals surface area contributed by atoms with Gasteiger partial charge >= 0.3 is 0 Å². The predicted molar refractivity (Wildman–Crippen MR) is 52.8 cm³/mol. The molecule has 3 rings (SSSR count). The lowest BCUT2D eigenvalue weighted by atomic mass is 10.2. The molecule has 0 aromatic carbocycles.